The Balaban J connectivity index is 1.52. The highest BCUT2D eigenvalue weighted by Gasteiger charge is 2.46. The Labute approximate surface area is 183 Å². The zero-order valence-electron chi connectivity index (χ0n) is 16.8. The molecular weight excluding hydrogens is 449 g/mol. The maximum Gasteiger partial charge on any atom is 0.405 e. The first-order valence-corrected chi connectivity index (χ1v) is 9.62. The molecule has 0 unspecified atom stereocenters. The van der Waals surface area contributed by atoms with Gasteiger partial charge in [-0.1, -0.05) is 0 Å². The van der Waals surface area contributed by atoms with Crippen LogP contribution in [0.3, 0.4) is 0 Å². The number of hydrogen-bond acceptors (Lipinski definition) is 5. The summed E-state index contributed by atoms with van der Waals surface area (Å²) in [6, 6.07) is 3.40. The van der Waals surface area contributed by atoms with Crippen molar-refractivity contribution >= 4 is 11.6 Å². The monoisotopic (exact) mass is 465 g/mol. The van der Waals surface area contributed by atoms with E-state index in [1.165, 1.54) is 10.2 Å². The van der Waals surface area contributed by atoms with Crippen LogP contribution in [0.15, 0.2) is 36.9 Å². The van der Waals surface area contributed by atoms with Crippen LogP contribution in [0.2, 0.25) is 0 Å². The molecule has 1 amide bonds. The highest BCUT2D eigenvalue weighted by molar-refractivity contribution is 5.95. The summed E-state index contributed by atoms with van der Waals surface area (Å²) in [6.45, 7) is -1.41. The molecule has 3 heterocycles. The largest absolute Gasteiger partial charge is 0.405 e. The molecule has 0 bridgehead atoms. The van der Waals surface area contributed by atoms with Gasteiger partial charge >= 0.3 is 6.18 Å². The van der Waals surface area contributed by atoms with Crippen LogP contribution < -0.4 is 10.2 Å². The molecule has 2 N–H and O–H groups in total. The number of hydrogen-bond donors (Lipinski definition) is 2. The summed E-state index contributed by atoms with van der Waals surface area (Å²) < 4.78 is 67.5. The van der Waals surface area contributed by atoms with Crippen LogP contribution in [0, 0.1) is 23.0 Å². The third kappa shape index (κ3) is 4.36. The summed E-state index contributed by atoms with van der Waals surface area (Å²) in [7, 11) is 0. The van der Waals surface area contributed by atoms with Crippen molar-refractivity contribution in [1.29, 1.82) is 5.26 Å². The van der Waals surface area contributed by atoms with E-state index >= 15 is 0 Å². The molecule has 33 heavy (non-hydrogen) atoms. The number of aromatic amines is 1. The van der Waals surface area contributed by atoms with Crippen LogP contribution in [-0.2, 0) is 5.54 Å². The molecule has 1 aromatic carbocycles. The molecule has 0 saturated carbocycles. The minimum atomic E-state index is -4.68. The van der Waals surface area contributed by atoms with E-state index in [-0.39, 0.29) is 25.2 Å². The second-order valence-electron chi connectivity index (χ2n) is 7.66. The molecule has 1 aliphatic rings. The van der Waals surface area contributed by atoms with E-state index in [9.17, 15) is 32.0 Å². The number of alkyl halides is 3. The van der Waals surface area contributed by atoms with Gasteiger partial charge in [-0.15, -0.1) is 0 Å². The van der Waals surface area contributed by atoms with Crippen LogP contribution in [0.25, 0.3) is 11.1 Å². The number of carbonyl (C=O) groups is 1. The van der Waals surface area contributed by atoms with Crippen molar-refractivity contribution in [3.63, 3.8) is 0 Å². The summed E-state index contributed by atoms with van der Waals surface area (Å²) in [5.74, 6) is -3.51. The van der Waals surface area contributed by atoms with Gasteiger partial charge in [-0.2, -0.15) is 28.6 Å². The van der Waals surface area contributed by atoms with Gasteiger partial charge in [0, 0.05) is 42.7 Å². The van der Waals surface area contributed by atoms with Crippen molar-refractivity contribution in [2.45, 2.75) is 18.1 Å². The van der Waals surface area contributed by atoms with Crippen molar-refractivity contribution in [2.75, 3.05) is 24.5 Å². The number of nitriles is 1. The summed E-state index contributed by atoms with van der Waals surface area (Å²) in [5.41, 5.74) is -0.248. The molecule has 172 valence electrons. The average molecular weight is 465 g/mol. The molecule has 13 heteroatoms. The smallest absolute Gasteiger partial charge is 0.364 e. The Morgan fingerprint density at radius 2 is 1.97 bits per heavy atom. The minimum Gasteiger partial charge on any atom is -0.364 e. The quantitative estimate of drug-likeness (QED) is 0.545. The predicted molar refractivity (Wildman–Crippen MR) is 105 cm³/mol. The van der Waals surface area contributed by atoms with Crippen molar-refractivity contribution in [3.8, 4) is 17.2 Å². The topological polar surface area (TPSA) is 103 Å². The summed E-state index contributed by atoms with van der Waals surface area (Å²) in [4.78, 5) is 13.3. The Morgan fingerprint density at radius 1 is 1.21 bits per heavy atom. The normalized spacial score (nSPS) is 15.1. The zero-order valence-corrected chi connectivity index (χ0v) is 16.8. The van der Waals surface area contributed by atoms with Crippen molar-refractivity contribution < 1.29 is 26.7 Å². The van der Waals surface area contributed by atoms with E-state index in [2.05, 4.69) is 21.4 Å². The average Bonchev–Trinajstić information content (AvgIpc) is 3.41. The number of amides is 1. The second kappa shape index (κ2) is 8.19. The lowest BCUT2D eigenvalue weighted by Gasteiger charge is -2.50. The molecule has 0 atom stereocenters. The van der Waals surface area contributed by atoms with Gasteiger partial charge in [-0.25, -0.2) is 8.78 Å². The minimum absolute atomic E-state index is 0.0536. The van der Waals surface area contributed by atoms with Gasteiger partial charge in [0.15, 0.2) is 0 Å². The number of aromatic nitrogens is 4. The van der Waals surface area contributed by atoms with Gasteiger partial charge in [-0.3, -0.25) is 14.6 Å². The first kappa shape index (κ1) is 22.3. The predicted octanol–water partition coefficient (Wildman–Crippen LogP) is 2.97. The second-order valence-corrected chi connectivity index (χ2v) is 7.66. The first-order valence-electron chi connectivity index (χ1n) is 9.62. The number of anilines is 1. The molecule has 1 saturated heterocycles. The maximum atomic E-state index is 14.7. The lowest BCUT2D eigenvalue weighted by Crippen LogP contribution is -2.63. The van der Waals surface area contributed by atoms with Crippen molar-refractivity contribution in [3.05, 3.63) is 54.1 Å². The van der Waals surface area contributed by atoms with E-state index in [4.69, 9.17) is 0 Å². The van der Waals surface area contributed by atoms with Crippen LogP contribution in [-0.4, -0.2) is 51.7 Å². The highest BCUT2D eigenvalue weighted by Crippen LogP contribution is 2.38. The number of rotatable bonds is 6. The van der Waals surface area contributed by atoms with E-state index < -0.39 is 41.4 Å². The number of halogens is 5. The van der Waals surface area contributed by atoms with Gasteiger partial charge in [0.25, 0.3) is 5.91 Å². The molecule has 2 aromatic heterocycles. The maximum absolute atomic E-state index is 14.7. The van der Waals surface area contributed by atoms with Crippen molar-refractivity contribution in [2.24, 2.45) is 0 Å². The molecule has 8 nitrogen and oxygen atoms in total. The summed E-state index contributed by atoms with van der Waals surface area (Å²) >= 11 is 0. The third-order valence-electron chi connectivity index (χ3n) is 5.35. The van der Waals surface area contributed by atoms with Crippen LogP contribution in [0.5, 0.6) is 0 Å². The van der Waals surface area contributed by atoms with Crippen LogP contribution in [0.4, 0.5) is 27.6 Å². The van der Waals surface area contributed by atoms with Gasteiger partial charge in [0.2, 0.25) is 0 Å². The Bertz CT molecular complexity index is 1210. The standard InChI is InChI=1S/C20H16F5N7O/c21-15-4-17(16(22)3-14(15)18(33)27-9-20(23,24)25)31-10-19(11-31,1-2-26)32-8-13(7-30-32)12-5-28-29-6-12/h3-8H,1,9-11H2,(H,27,33)(H,28,29). The number of carbonyl (C=O) groups excluding carboxylic acids is 1. The summed E-state index contributed by atoms with van der Waals surface area (Å²) in [6.07, 6.45) is 1.98. The molecule has 1 fully saturated rings. The van der Waals surface area contributed by atoms with Gasteiger partial charge in [0.1, 0.15) is 23.7 Å². The van der Waals surface area contributed by atoms with E-state index in [0.29, 0.717) is 6.07 Å². The molecule has 1 aliphatic heterocycles. The molecule has 3 aromatic rings. The fourth-order valence-corrected chi connectivity index (χ4v) is 3.69. The Kier molecular flexibility index (Phi) is 5.52. The number of H-pyrrole nitrogens is 1. The lowest BCUT2D eigenvalue weighted by atomic mass is 9.86. The molecule has 0 spiro atoms. The SMILES string of the molecule is N#CCC1(n2cc(-c3cn[nH]c3)cn2)CN(c2cc(F)c(C(=O)NCC(F)(F)F)cc2F)C1. The number of nitrogens with one attached hydrogen (secondary N) is 2. The van der Waals surface area contributed by atoms with Crippen LogP contribution >= 0.6 is 0 Å². The highest BCUT2D eigenvalue weighted by atomic mass is 19.4. The lowest BCUT2D eigenvalue weighted by molar-refractivity contribution is -0.123. The van der Waals surface area contributed by atoms with Crippen LogP contribution in [0.1, 0.15) is 16.8 Å². The molecule has 4 rings (SSSR count). The molecular formula is C20H16F5N7O. The van der Waals surface area contributed by atoms with Gasteiger partial charge < -0.3 is 10.2 Å². The fourth-order valence-electron chi connectivity index (χ4n) is 3.69. The first-order chi connectivity index (χ1) is 15.6. The molecule has 0 aliphatic carbocycles. The van der Waals surface area contributed by atoms with Gasteiger partial charge in [-0.05, 0) is 6.07 Å². The van der Waals surface area contributed by atoms with E-state index in [1.807, 2.05) is 0 Å². The van der Waals surface area contributed by atoms with E-state index in [0.717, 1.165) is 17.2 Å². The van der Waals surface area contributed by atoms with E-state index in [1.54, 1.807) is 29.5 Å². The van der Waals surface area contributed by atoms with Crippen molar-refractivity contribution in [1.82, 2.24) is 25.3 Å². The fraction of sp³-hybridized carbons (Fsp3) is 0.300. The molecule has 0 radical (unpaired) electrons. The Morgan fingerprint density at radius 3 is 2.61 bits per heavy atom. The number of benzene rings is 1. The van der Waals surface area contributed by atoms with Gasteiger partial charge in [0.05, 0.1) is 36.1 Å². The third-order valence-corrected chi connectivity index (χ3v) is 5.35. The zero-order chi connectivity index (χ0) is 23.8. The number of nitrogens with zero attached hydrogens (tertiary/aromatic N) is 5. The Hall–Kier alpha value is -3.95. The summed E-state index contributed by atoms with van der Waals surface area (Å²) in [5, 5.41) is 21.7.